The minimum absolute atomic E-state index is 0.0901. The van der Waals surface area contributed by atoms with Crippen LogP contribution in [-0.4, -0.2) is 58.3 Å². The lowest BCUT2D eigenvalue weighted by Crippen LogP contribution is -2.54. The van der Waals surface area contributed by atoms with Crippen LogP contribution in [0, 0.1) is 0 Å². The SMILES string of the molecule is CC(C)(C)c1nnc2ccc(N3CCOC4(CCOCC4)C3)nn12. The van der Waals surface area contributed by atoms with E-state index in [1.165, 1.54) is 0 Å². The number of morpholine rings is 1. The van der Waals surface area contributed by atoms with Crippen LogP contribution < -0.4 is 4.90 Å². The first kappa shape index (κ1) is 15.8. The van der Waals surface area contributed by atoms with E-state index in [0.717, 1.165) is 63.0 Å². The highest BCUT2D eigenvalue weighted by atomic mass is 16.5. The first-order chi connectivity index (χ1) is 11.5. The second kappa shape index (κ2) is 5.67. The fourth-order valence-corrected chi connectivity index (χ4v) is 3.50. The molecule has 7 nitrogen and oxygen atoms in total. The lowest BCUT2D eigenvalue weighted by atomic mass is 9.92. The quantitative estimate of drug-likeness (QED) is 0.794. The Morgan fingerprint density at radius 1 is 1.08 bits per heavy atom. The van der Waals surface area contributed by atoms with Crippen LogP contribution in [0.15, 0.2) is 12.1 Å². The normalized spacial score (nSPS) is 21.5. The highest BCUT2D eigenvalue weighted by Crippen LogP contribution is 2.31. The Balaban J connectivity index is 1.66. The molecular weight excluding hydrogens is 306 g/mol. The molecule has 0 saturated carbocycles. The molecule has 0 atom stereocenters. The van der Waals surface area contributed by atoms with Gasteiger partial charge in [0.15, 0.2) is 11.5 Å². The number of hydrogen-bond acceptors (Lipinski definition) is 6. The maximum Gasteiger partial charge on any atom is 0.178 e. The Bertz CT molecular complexity index is 725. The molecule has 2 aromatic rings. The summed E-state index contributed by atoms with van der Waals surface area (Å²) in [5.41, 5.74) is 0.600. The number of ether oxygens (including phenoxy) is 2. The molecule has 24 heavy (non-hydrogen) atoms. The standard InChI is InChI=1S/C17H25N5O2/c1-16(2,3)15-19-18-13-4-5-14(20-22(13)15)21-8-11-24-17(12-21)6-9-23-10-7-17/h4-5H,6-12H2,1-3H3. The second-order valence-corrected chi connectivity index (χ2v) is 7.80. The third-order valence-electron chi connectivity index (χ3n) is 4.90. The van der Waals surface area contributed by atoms with Gasteiger partial charge in [-0.1, -0.05) is 20.8 Å². The van der Waals surface area contributed by atoms with Crippen LogP contribution in [0.5, 0.6) is 0 Å². The van der Waals surface area contributed by atoms with Crippen molar-refractivity contribution < 1.29 is 9.47 Å². The Morgan fingerprint density at radius 2 is 1.88 bits per heavy atom. The molecule has 2 aliphatic rings. The van der Waals surface area contributed by atoms with Crippen molar-refractivity contribution in [3.63, 3.8) is 0 Å². The summed E-state index contributed by atoms with van der Waals surface area (Å²) in [4.78, 5) is 2.32. The number of nitrogens with zero attached hydrogens (tertiary/aromatic N) is 5. The van der Waals surface area contributed by atoms with E-state index in [-0.39, 0.29) is 11.0 Å². The molecule has 130 valence electrons. The molecule has 2 aromatic heterocycles. The average Bonchev–Trinajstić information content (AvgIpc) is 2.99. The molecule has 0 aliphatic carbocycles. The van der Waals surface area contributed by atoms with Crippen LogP contribution in [-0.2, 0) is 14.9 Å². The summed E-state index contributed by atoms with van der Waals surface area (Å²) in [7, 11) is 0. The molecule has 0 aromatic carbocycles. The highest BCUT2D eigenvalue weighted by molar-refractivity contribution is 5.46. The lowest BCUT2D eigenvalue weighted by Gasteiger charge is -2.45. The molecule has 2 fully saturated rings. The van der Waals surface area contributed by atoms with Gasteiger partial charge in [-0.05, 0) is 12.1 Å². The first-order valence-corrected chi connectivity index (χ1v) is 8.67. The summed E-state index contributed by atoms with van der Waals surface area (Å²) in [5.74, 6) is 1.84. The van der Waals surface area contributed by atoms with Crippen LogP contribution >= 0.6 is 0 Å². The molecule has 0 N–H and O–H groups in total. The number of aromatic nitrogens is 4. The number of hydrogen-bond donors (Lipinski definition) is 0. The minimum atomic E-state index is -0.0992. The van der Waals surface area contributed by atoms with E-state index in [2.05, 4.69) is 35.9 Å². The van der Waals surface area contributed by atoms with E-state index in [1.807, 2.05) is 16.6 Å². The van der Waals surface area contributed by atoms with E-state index < -0.39 is 0 Å². The van der Waals surface area contributed by atoms with Crippen molar-refractivity contribution in [3.8, 4) is 0 Å². The van der Waals surface area contributed by atoms with Gasteiger partial charge in [0.25, 0.3) is 0 Å². The maximum absolute atomic E-state index is 6.13. The average molecular weight is 331 g/mol. The number of fused-ring (bicyclic) bond motifs is 1. The van der Waals surface area contributed by atoms with Crippen LogP contribution in [0.25, 0.3) is 5.65 Å². The third-order valence-corrected chi connectivity index (χ3v) is 4.90. The van der Waals surface area contributed by atoms with Crippen molar-refractivity contribution in [1.82, 2.24) is 19.8 Å². The lowest BCUT2D eigenvalue weighted by molar-refractivity contribution is -0.116. The third kappa shape index (κ3) is 2.75. The zero-order valence-corrected chi connectivity index (χ0v) is 14.7. The van der Waals surface area contributed by atoms with Crippen LogP contribution in [0.2, 0.25) is 0 Å². The molecule has 0 amide bonds. The molecule has 4 heterocycles. The Kier molecular flexibility index (Phi) is 3.73. The zero-order chi connectivity index (χ0) is 16.8. The smallest absolute Gasteiger partial charge is 0.178 e. The van der Waals surface area contributed by atoms with Crippen molar-refractivity contribution in [2.45, 2.75) is 44.6 Å². The van der Waals surface area contributed by atoms with Crippen LogP contribution in [0.3, 0.4) is 0 Å². The first-order valence-electron chi connectivity index (χ1n) is 8.67. The maximum atomic E-state index is 6.13. The van der Waals surface area contributed by atoms with Crippen molar-refractivity contribution in [2.24, 2.45) is 0 Å². The largest absolute Gasteiger partial charge is 0.381 e. The van der Waals surface area contributed by atoms with E-state index >= 15 is 0 Å². The monoisotopic (exact) mass is 331 g/mol. The van der Waals surface area contributed by atoms with Gasteiger partial charge in [-0.25, -0.2) is 0 Å². The van der Waals surface area contributed by atoms with E-state index in [1.54, 1.807) is 0 Å². The topological polar surface area (TPSA) is 64.8 Å². The van der Waals surface area contributed by atoms with Gasteiger partial charge >= 0.3 is 0 Å². The Hall–Kier alpha value is -1.73. The molecular formula is C17H25N5O2. The van der Waals surface area contributed by atoms with E-state index in [4.69, 9.17) is 14.6 Å². The summed E-state index contributed by atoms with van der Waals surface area (Å²) in [6, 6.07) is 4.03. The van der Waals surface area contributed by atoms with Gasteiger partial charge in [-0.2, -0.15) is 4.52 Å². The fourth-order valence-electron chi connectivity index (χ4n) is 3.50. The van der Waals surface area contributed by atoms with Crippen molar-refractivity contribution in [3.05, 3.63) is 18.0 Å². The van der Waals surface area contributed by atoms with Gasteiger partial charge in [0.05, 0.1) is 12.2 Å². The molecule has 4 rings (SSSR count). The van der Waals surface area contributed by atoms with Crippen molar-refractivity contribution >= 4 is 11.5 Å². The molecule has 2 saturated heterocycles. The molecule has 1 spiro atoms. The van der Waals surface area contributed by atoms with Gasteiger partial charge in [0.1, 0.15) is 5.82 Å². The number of rotatable bonds is 1. The highest BCUT2D eigenvalue weighted by Gasteiger charge is 2.39. The van der Waals surface area contributed by atoms with Gasteiger partial charge in [0, 0.05) is 44.6 Å². The summed E-state index contributed by atoms with van der Waals surface area (Å²) < 4.78 is 13.5. The Morgan fingerprint density at radius 3 is 2.62 bits per heavy atom. The van der Waals surface area contributed by atoms with Crippen LogP contribution in [0.1, 0.15) is 39.4 Å². The molecule has 0 bridgehead atoms. The number of anilines is 1. The fraction of sp³-hybridized carbons (Fsp3) is 0.706. The molecule has 7 heteroatoms. The van der Waals surface area contributed by atoms with Gasteiger partial charge in [-0.15, -0.1) is 15.3 Å². The molecule has 0 radical (unpaired) electrons. The van der Waals surface area contributed by atoms with Gasteiger partial charge in [-0.3, -0.25) is 0 Å². The van der Waals surface area contributed by atoms with Crippen molar-refractivity contribution in [2.75, 3.05) is 37.8 Å². The summed E-state index contributed by atoms with van der Waals surface area (Å²) in [6.07, 6.45) is 1.90. The van der Waals surface area contributed by atoms with Crippen LogP contribution in [0.4, 0.5) is 5.82 Å². The predicted octanol–water partition coefficient (Wildman–Crippen LogP) is 1.81. The van der Waals surface area contributed by atoms with Crippen molar-refractivity contribution in [1.29, 1.82) is 0 Å². The molecule has 2 aliphatic heterocycles. The summed E-state index contributed by atoms with van der Waals surface area (Å²) in [6.45, 7) is 10.4. The van der Waals surface area contributed by atoms with E-state index in [0.29, 0.717) is 0 Å². The van der Waals surface area contributed by atoms with Gasteiger partial charge < -0.3 is 14.4 Å². The van der Waals surface area contributed by atoms with E-state index in [9.17, 15) is 0 Å². The van der Waals surface area contributed by atoms with Gasteiger partial charge in [0.2, 0.25) is 0 Å². The second-order valence-electron chi connectivity index (χ2n) is 7.80. The Labute approximate surface area is 141 Å². The minimum Gasteiger partial charge on any atom is -0.381 e. The summed E-state index contributed by atoms with van der Waals surface area (Å²) in [5, 5.41) is 13.4. The molecule has 0 unspecified atom stereocenters. The predicted molar refractivity (Wildman–Crippen MR) is 90.4 cm³/mol. The summed E-state index contributed by atoms with van der Waals surface area (Å²) >= 11 is 0. The zero-order valence-electron chi connectivity index (χ0n) is 14.7.